The van der Waals surface area contributed by atoms with Gasteiger partial charge >= 0.3 is 0 Å². The number of pyridine rings is 1. The molecular formula is C18H15N3O2. The second kappa shape index (κ2) is 5.28. The average Bonchev–Trinajstić information content (AvgIpc) is 2.74. The normalized spacial score (nSPS) is 17.0. The van der Waals surface area contributed by atoms with E-state index in [1.807, 2.05) is 48.5 Å². The van der Waals surface area contributed by atoms with Crippen LogP contribution in [0.4, 0.5) is 5.69 Å². The smallest absolute Gasteiger partial charge is 0.253 e. The molecule has 0 saturated carbocycles. The maximum atomic E-state index is 12.4. The summed E-state index contributed by atoms with van der Waals surface area (Å²) in [6.45, 7) is 0.356. The Morgan fingerprint density at radius 1 is 0.957 bits per heavy atom. The molecule has 4 rings (SSSR count). The summed E-state index contributed by atoms with van der Waals surface area (Å²) in [4.78, 5) is 27.5. The van der Waals surface area contributed by atoms with Crippen LogP contribution in [-0.2, 0) is 0 Å². The van der Waals surface area contributed by atoms with Gasteiger partial charge in [-0.3, -0.25) is 9.59 Å². The molecule has 2 heterocycles. The molecule has 5 heteroatoms. The Morgan fingerprint density at radius 2 is 1.74 bits per heavy atom. The van der Waals surface area contributed by atoms with E-state index in [-0.39, 0.29) is 17.5 Å². The van der Waals surface area contributed by atoms with Gasteiger partial charge in [-0.15, -0.1) is 0 Å². The maximum absolute atomic E-state index is 12.4. The molecule has 1 unspecified atom stereocenters. The van der Waals surface area contributed by atoms with Gasteiger partial charge in [-0.25, -0.2) is 0 Å². The SMILES string of the molecule is O=C1NCC(c2cc3ccccc3[nH]c2=O)Nc2ccccc21. The number of carbonyl (C=O) groups excluding carboxylic acids is 1. The fourth-order valence-corrected chi connectivity index (χ4v) is 2.95. The Kier molecular flexibility index (Phi) is 3.12. The van der Waals surface area contributed by atoms with Crippen molar-refractivity contribution in [3.05, 3.63) is 76.1 Å². The van der Waals surface area contributed by atoms with Crippen LogP contribution in [0, 0.1) is 0 Å². The highest BCUT2D eigenvalue weighted by molar-refractivity contribution is 6.00. The second-order valence-corrected chi connectivity index (χ2v) is 5.59. The first kappa shape index (κ1) is 13.6. The van der Waals surface area contributed by atoms with E-state index in [4.69, 9.17) is 0 Å². The summed E-state index contributed by atoms with van der Waals surface area (Å²) in [5.41, 5.74) is 2.60. The Bertz CT molecular complexity index is 962. The minimum Gasteiger partial charge on any atom is -0.376 e. The molecule has 1 atom stereocenters. The topological polar surface area (TPSA) is 74.0 Å². The summed E-state index contributed by atoms with van der Waals surface area (Å²) in [5, 5.41) is 7.14. The number of hydrogen-bond acceptors (Lipinski definition) is 3. The molecule has 0 saturated heterocycles. The summed E-state index contributed by atoms with van der Waals surface area (Å²) in [6.07, 6.45) is 0. The Morgan fingerprint density at radius 3 is 2.65 bits per heavy atom. The van der Waals surface area contributed by atoms with Gasteiger partial charge in [-0.1, -0.05) is 30.3 Å². The van der Waals surface area contributed by atoms with Crippen molar-refractivity contribution in [1.82, 2.24) is 10.3 Å². The largest absolute Gasteiger partial charge is 0.376 e. The van der Waals surface area contributed by atoms with Crippen LogP contribution < -0.4 is 16.2 Å². The van der Waals surface area contributed by atoms with Crippen molar-refractivity contribution in [2.45, 2.75) is 6.04 Å². The van der Waals surface area contributed by atoms with E-state index in [2.05, 4.69) is 15.6 Å². The highest BCUT2D eigenvalue weighted by Gasteiger charge is 2.23. The van der Waals surface area contributed by atoms with Crippen molar-refractivity contribution in [3.8, 4) is 0 Å². The van der Waals surface area contributed by atoms with Crippen molar-refractivity contribution in [2.24, 2.45) is 0 Å². The highest BCUT2D eigenvalue weighted by Crippen LogP contribution is 2.25. The molecule has 3 N–H and O–H groups in total. The number of H-pyrrole nitrogens is 1. The second-order valence-electron chi connectivity index (χ2n) is 5.59. The lowest BCUT2D eigenvalue weighted by Crippen LogP contribution is -2.30. The first-order valence-electron chi connectivity index (χ1n) is 7.48. The number of amides is 1. The molecule has 23 heavy (non-hydrogen) atoms. The van der Waals surface area contributed by atoms with Crippen molar-refractivity contribution < 1.29 is 4.79 Å². The van der Waals surface area contributed by atoms with Gasteiger partial charge in [0.25, 0.3) is 11.5 Å². The highest BCUT2D eigenvalue weighted by atomic mass is 16.1. The molecule has 2 aromatic carbocycles. The summed E-state index contributed by atoms with van der Waals surface area (Å²) in [5.74, 6) is -0.132. The van der Waals surface area contributed by atoms with E-state index in [0.29, 0.717) is 17.7 Å². The van der Waals surface area contributed by atoms with Crippen molar-refractivity contribution in [3.63, 3.8) is 0 Å². The van der Waals surface area contributed by atoms with Crippen molar-refractivity contribution in [2.75, 3.05) is 11.9 Å². The quantitative estimate of drug-likeness (QED) is 0.646. The van der Waals surface area contributed by atoms with Crippen LogP contribution in [0.1, 0.15) is 22.0 Å². The molecule has 114 valence electrons. The van der Waals surface area contributed by atoms with Gasteiger partial charge in [0.2, 0.25) is 0 Å². The lowest BCUT2D eigenvalue weighted by atomic mass is 10.1. The zero-order valence-corrected chi connectivity index (χ0v) is 12.3. The van der Waals surface area contributed by atoms with Crippen LogP contribution in [0.3, 0.4) is 0 Å². The molecule has 1 aliphatic heterocycles. The third-order valence-electron chi connectivity index (χ3n) is 4.13. The van der Waals surface area contributed by atoms with Crippen LogP contribution in [0.15, 0.2) is 59.4 Å². The number of rotatable bonds is 1. The Balaban J connectivity index is 1.81. The van der Waals surface area contributed by atoms with E-state index in [0.717, 1.165) is 16.6 Å². The molecule has 3 aromatic rings. The minimum absolute atomic E-state index is 0.132. The third-order valence-corrected chi connectivity index (χ3v) is 4.13. The number of benzene rings is 2. The van der Waals surface area contributed by atoms with Gasteiger partial charge in [-0.2, -0.15) is 0 Å². The van der Waals surface area contributed by atoms with Gasteiger partial charge in [-0.05, 0) is 29.7 Å². The van der Waals surface area contributed by atoms with Crippen LogP contribution in [0.5, 0.6) is 0 Å². The van der Waals surface area contributed by atoms with E-state index in [9.17, 15) is 9.59 Å². The lowest BCUT2D eigenvalue weighted by Gasteiger charge is -2.17. The zero-order valence-electron chi connectivity index (χ0n) is 12.3. The van der Waals surface area contributed by atoms with E-state index >= 15 is 0 Å². The van der Waals surface area contributed by atoms with Crippen molar-refractivity contribution in [1.29, 1.82) is 0 Å². The van der Waals surface area contributed by atoms with E-state index in [1.54, 1.807) is 6.07 Å². The monoisotopic (exact) mass is 305 g/mol. The van der Waals surface area contributed by atoms with E-state index < -0.39 is 0 Å². The summed E-state index contributed by atoms with van der Waals surface area (Å²) >= 11 is 0. The molecule has 0 spiro atoms. The molecule has 1 amide bonds. The predicted molar refractivity (Wildman–Crippen MR) is 89.7 cm³/mol. The number of aromatic amines is 1. The number of para-hydroxylation sites is 2. The minimum atomic E-state index is -0.282. The molecule has 0 bridgehead atoms. The zero-order chi connectivity index (χ0) is 15.8. The van der Waals surface area contributed by atoms with Crippen LogP contribution in [0.2, 0.25) is 0 Å². The number of carbonyl (C=O) groups is 1. The number of fused-ring (bicyclic) bond motifs is 2. The number of nitrogens with one attached hydrogen (secondary N) is 3. The van der Waals surface area contributed by atoms with E-state index in [1.165, 1.54) is 0 Å². The Hall–Kier alpha value is -3.08. The summed E-state index contributed by atoms with van der Waals surface area (Å²) < 4.78 is 0. The molecule has 0 radical (unpaired) electrons. The van der Waals surface area contributed by atoms with Gasteiger partial charge in [0.1, 0.15) is 0 Å². The third kappa shape index (κ3) is 2.36. The van der Waals surface area contributed by atoms with Gasteiger partial charge in [0.15, 0.2) is 0 Å². The fraction of sp³-hybridized carbons (Fsp3) is 0.111. The maximum Gasteiger partial charge on any atom is 0.253 e. The van der Waals surface area contributed by atoms with Crippen LogP contribution in [-0.4, -0.2) is 17.4 Å². The van der Waals surface area contributed by atoms with Crippen LogP contribution >= 0.6 is 0 Å². The molecular weight excluding hydrogens is 290 g/mol. The molecule has 1 aliphatic rings. The summed E-state index contributed by atoms with van der Waals surface area (Å²) in [7, 11) is 0. The van der Waals surface area contributed by atoms with Gasteiger partial charge in [0, 0.05) is 23.3 Å². The molecule has 5 nitrogen and oxygen atoms in total. The average molecular weight is 305 g/mol. The van der Waals surface area contributed by atoms with Gasteiger partial charge < -0.3 is 15.6 Å². The van der Waals surface area contributed by atoms with Gasteiger partial charge in [0.05, 0.1) is 11.6 Å². The standard InChI is InChI=1S/C18H15N3O2/c22-17-12-6-2-4-8-15(12)20-16(10-19-17)13-9-11-5-1-3-7-14(11)21-18(13)23/h1-9,16,20H,10H2,(H,19,22)(H,21,23). The first-order chi connectivity index (χ1) is 11.2. The molecule has 0 aliphatic carbocycles. The van der Waals surface area contributed by atoms with Crippen LogP contribution in [0.25, 0.3) is 10.9 Å². The Labute approximate surface area is 132 Å². The molecule has 1 aromatic heterocycles. The number of aromatic nitrogens is 1. The van der Waals surface area contributed by atoms with Crippen molar-refractivity contribution >= 4 is 22.5 Å². The summed E-state index contributed by atoms with van der Waals surface area (Å²) in [6, 6.07) is 16.6. The predicted octanol–water partition coefficient (Wildman–Crippen LogP) is 2.42. The fourth-order valence-electron chi connectivity index (χ4n) is 2.95. The molecule has 0 fully saturated rings. The number of anilines is 1. The lowest BCUT2D eigenvalue weighted by molar-refractivity contribution is 0.0955. The number of hydrogen-bond donors (Lipinski definition) is 3. The first-order valence-corrected chi connectivity index (χ1v) is 7.48.